The molecule has 1 aliphatic heterocycles. The van der Waals surface area contributed by atoms with Gasteiger partial charge in [-0.2, -0.15) is 0 Å². The number of aliphatic hydroxyl groups is 1. The lowest BCUT2D eigenvalue weighted by Crippen LogP contribution is -2.54. The third kappa shape index (κ3) is 0.775. The van der Waals surface area contributed by atoms with Gasteiger partial charge in [-0.1, -0.05) is 0 Å². The molecule has 1 aliphatic carbocycles. The summed E-state index contributed by atoms with van der Waals surface area (Å²) in [6.45, 7) is 1.02. The van der Waals surface area contributed by atoms with E-state index in [1.807, 2.05) is 0 Å². The highest BCUT2D eigenvalue weighted by Gasteiger charge is 2.38. The van der Waals surface area contributed by atoms with Gasteiger partial charge in [0.25, 0.3) is 0 Å². The van der Waals surface area contributed by atoms with E-state index < -0.39 is 0 Å². The molecule has 2 N–H and O–H groups in total. The summed E-state index contributed by atoms with van der Waals surface area (Å²) in [6, 6.07) is 0.661. The van der Waals surface area contributed by atoms with E-state index >= 15 is 0 Å². The minimum absolute atomic E-state index is 0.00463. The fraction of sp³-hybridized carbons (Fsp3) is 1.00. The summed E-state index contributed by atoms with van der Waals surface area (Å²) in [5.41, 5.74) is 0. The van der Waals surface area contributed by atoms with Gasteiger partial charge in [0.2, 0.25) is 0 Å². The maximum absolute atomic E-state index is 9.36. The fourth-order valence-corrected chi connectivity index (χ4v) is 1.87. The second-order valence-corrected chi connectivity index (χ2v) is 3.16. The van der Waals surface area contributed by atoms with Gasteiger partial charge >= 0.3 is 0 Å². The van der Waals surface area contributed by atoms with Crippen molar-refractivity contribution in [3.8, 4) is 0 Å². The van der Waals surface area contributed by atoms with Gasteiger partial charge in [0.05, 0.1) is 6.10 Å². The maximum Gasteiger partial charge on any atom is 0.0595 e. The van der Waals surface area contributed by atoms with E-state index in [2.05, 4.69) is 5.32 Å². The summed E-state index contributed by atoms with van der Waals surface area (Å²) in [6.07, 6.45) is 3.48. The average Bonchev–Trinajstić information content (AvgIpc) is 1.74. The third-order valence-corrected chi connectivity index (χ3v) is 2.67. The zero-order valence-electron chi connectivity index (χ0n) is 5.51. The third-order valence-electron chi connectivity index (χ3n) is 2.67. The summed E-state index contributed by atoms with van der Waals surface area (Å²) < 4.78 is 0. The lowest BCUT2D eigenvalue weighted by molar-refractivity contribution is 0.00222. The monoisotopic (exact) mass is 127 g/mol. The summed E-state index contributed by atoms with van der Waals surface area (Å²) in [5, 5.41) is 12.7. The van der Waals surface area contributed by atoms with Crippen LogP contribution in [0.15, 0.2) is 0 Å². The topological polar surface area (TPSA) is 32.3 Å². The molecular weight excluding hydrogens is 114 g/mol. The Balaban J connectivity index is 1.98. The van der Waals surface area contributed by atoms with Gasteiger partial charge in [-0.3, -0.25) is 0 Å². The first-order valence-electron chi connectivity index (χ1n) is 3.79. The maximum atomic E-state index is 9.36. The number of fused-ring (bicyclic) bond motifs is 1. The predicted molar refractivity (Wildman–Crippen MR) is 35.1 cm³/mol. The Morgan fingerprint density at radius 3 is 2.56 bits per heavy atom. The van der Waals surface area contributed by atoms with Crippen LogP contribution in [0.25, 0.3) is 0 Å². The molecule has 2 rings (SSSR count). The molecule has 3 atom stereocenters. The highest BCUT2D eigenvalue weighted by Crippen LogP contribution is 2.33. The standard InChI is InChI=1S/C7H13NO/c9-7-3-4-8-6-2-1-5(6)7/h5-9H,1-4H2/t5-,6+,7?/m0/s1. The molecule has 2 fully saturated rings. The molecule has 1 saturated heterocycles. The first-order chi connectivity index (χ1) is 4.38. The van der Waals surface area contributed by atoms with Crippen molar-refractivity contribution >= 4 is 0 Å². The van der Waals surface area contributed by atoms with Crippen molar-refractivity contribution in [2.45, 2.75) is 31.4 Å². The molecule has 52 valence electrons. The van der Waals surface area contributed by atoms with E-state index in [0.29, 0.717) is 12.0 Å². The lowest BCUT2D eigenvalue weighted by atomic mass is 9.73. The average molecular weight is 127 g/mol. The normalized spacial score (nSPS) is 49.7. The van der Waals surface area contributed by atoms with E-state index in [0.717, 1.165) is 13.0 Å². The van der Waals surface area contributed by atoms with Crippen molar-refractivity contribution in [1.82, 2.24) is 5.32 Å². The SMILES string of the molecule is OC1CCN[C@@H]2CC[C@H]12. The van der Waals surface area contributed by atoms with E-state index in [9.17, 15) is 5.11 Å². The van der Waals surface area contributed by atoms with Crippen molar-refractivity contribution in [3.63, 3.8) is 0 Å². The summed E-state index contributed by atoms with van der Waals surface area (Å²) in [4.78, 5) is 0. The molecule has 0 aromatic heterocycles. The molecule has 0 aromatic rings. The highest BCUT2D eigenvalue weighted by atomic mass is 16.3. The molecule has 0 spiro atoms. The van der Waals surface area contributed by atoms with Crippen LogP contribution in [0.2, 0.25) is 0 Å². The van der Waals surface area contributed by atoms with E-state index in [4.69, 9.17) is 0 Å². The molecule has 0 bridgehead atoms. The molecule has 9 heavy (non-hydrogen) atoms. The molecule has 0 radical (unpaired) electrons. The number of hydrogen-bond acceptors (Lipinski definition) is 2. The van der Waals surface area contributed by atoms with Crippen molar-refractivity contribution in [1.29, 1.82) is 0 Å². The Morgan fingerprint density at radius 1 is 1.22 bits per heavy atom. The first kappa shape index (κ1) is 5.69. The lowest BCUT2D eigenvalue weighted by Gasteiger charge is -2.44. The zero-order valence-corrected chi connectivity index (χ0v) is 5.51. The zero-order chi connectivity index (χ0) is 6.27. The minimum Gasteiger partial charge on any atom is -0.393 e. The van der Waals surface area contributed by atoms with Gasteiger partial charge in [0, 0.05) is 12.0 Å². The number of hydrogen-bond donors (Lipinski definition) is 2. The van der Waals surface area contributed by atoms with E-state index in [-0.39, 0.29) is 6.10 Å². The first-order valence-corrected chi connectivity index (χ1v) is 3.79. The van der Waals surface area contributed by atoms with Gasteiger partial charge in [-0.15, -0.1) is 0 Å². The number of aliphatic hydroxyl groups excluding tert-OH is 1. The van der Waals surface area contributed by atoms with E-state index in [1.54, 1.807) is 0 Å². The van der Waals surface area contributed by atoms with Crippen LogP contribution in [0.5, 0.6) is 0 Å². The van der Waals surface area contributed by atoms with Crippen LogP contribution >= 0.6 is 0 Å². The molecule has 2 heteroatoms. The Bertz CT molecular complexity index is 109. The molecule has 0 amide bonds. The minimum atomic E-state index is 0.00463. The molecular formula is C7H13NO. The van der Waals surface area contributed by atoms with Crippen molar-refractivity contribution in [2.75, 3.05) is 6.54 Å². The molecule has 2 aliphatic rings. The predicted octanol–water partition coefficient (Wildman–Crippen LogP) is 0.119. The van der Waals surface area contributed by atoms with Crippen LogP contribution in [-0.4, -0.2) is 23.8 Å². The van der Waals surface area contributed by atoms with Crippen LogP contribution in [0.3, 0.4) is 0 Å². The highest BCUT2D eigenvalue weighted by molar-refractivity contribution is 4.94. The Labute approximate surface area is 55.3 Å². The van der Waals surface area contributed by atoms with Gasteiger partial charge in [-0.05, 0) is 25.8 Å². The molecule has 2 nitrogen and oxygen atoms in total. The fourth-order valence-electron chi connectivity index (χ4n) is 1.87. The van der Waals surface area contributed by atoms with E-state index in [1.165, 1.54) is 12.8 Å². The smallest absolute Gasteiger partial charge is 0.0595 e. The van der Waals surface area contributed by atoms with Crippen LogP contribution in [0.1, 0.15) is 19.3 Å². The molecule has 1 unspecified atom stereocenters. The Morgan fingerprint density at radius 2 is 2.11 bits per heavy atom. The van der Waals surface area contributed by atoms with Crippen LogP contribution < -0.4 is 5.32 Å². The number of nitrogens with one attached hydrogen (secondary N) is 1. The second-order valence-electron chi connectivity index (χ2n) is 3.16. The molecule has 0 aromatic carbocycles. The van der Waals surface area contributed by atoms with Gasteiger partial charge < -0.3 is 10.4 Å². The largest absolute Gasteiger partial charge is 0.393 e. The van der Waals surface area contributed by atoms with Crippen LogP contribution in [0, 0.1) is 5.92 Å². The Hall–Kier alpha value is -0.0800. The summed E-state index contributed by atoms with van der Waals surface area (Å²) in [5.74, 6) is 0.596. The van der Waals surface area contributed by atoms with Crippen molar-refractivity contribution < 1.29 is 5.11 Å². The van der Waals surface area contributed by atoms with Gasteiger partial charge in [0.15, 0.2) is 0 Å². The van der Waals surface area contributed by atoms with Gasteiger partial charge in [0.1, 0.15) is 0 Å². The van der Waals surface area contributed by atoms with Crippen LogP contribution in [0.4, 0.5) is 0 Å². The van der Waals surface area contributed by atoms with Gasteiger partial charge in [-0.25, -0.2) is 0 Å². The van der Waals surface area contributed by atoms with Crippen LogP contribution in [-0.2, 0) is 0 Å². The quantitative estimate of drug-likeness (QED) is 0.484. The number of piperidine rings is 1. The number of rotatable bonds is 0. The summed E-state index contributed by atoms with van der Waals surface area (Å²) in [7, 11) is 0. The van der Waals surface area contributed by atoms with Crippen molar-refractivity contribution in [2.24, 2.45) is 5.92 Å². The molecule has 1 saturated carbocycles. The van der Waals surface area contributed by atoms with Crippen molar-refractivity contribution in [3.05, 3.63) is 0 Å². The second kappa shape index (κ2) is 1.96. The Kier molecular flexibility index (Phi) is 1.24. The molecule has 1 heterocycles. The summed E-state index contributed by atoms with van der Waals surface area (Å²) >= 11 is 0.